The van der Waals surface area contributed by atoms with Gasteiger partial charge in [0, 0.05) is 44.1 Å². The molecule has 0 bridgehead atoms. The summed E-state index contributed by atoms with van der Waals surface area (Å²) in [5.74, 6) is -3.05. The van der Waals surface area contributed by atoms with Gasteiger partial charge in [0.25, 0.3) is 29.5 Å². The van der Waals surface area contributed by atoms with Crippen molar-refractivity contribution in [2.45, 2.75) is 82.1 Å². The Balaban J connectivity index is 0.000000138. The van der Waals surface area contributed by atoms with Crippen LogP contribution in [0.3, 0.4) is 0 Å². The largest absolute Gasteiger partial charge is 0.334 e. The standard InChI is InChI=1S/C16H13ClFN3O.C15H11ClF3N3O.C15H11ClFN3O2.C13H8BrClFN3O/c1-7(2)10-5-11-8(3)13(16-19-9(4)21-22-16)15(17)20-14(11)12(18)6-10;1-6-9-4-8(15(3,18)19)5-10(17)12(9)21-13(16)11(6)14-20-7(2)22-23-14;1-6-10-4-9(7(2)21)5-11(17)13(10)19-14(16)12(6)15-18-8(3)20-22-15;1-5-8-3-7(14)4-9(16)11(8)18-12(15)10(5)13-17-6(2)19-20-13/h5-6H,1H2,2-4H3;4-5H,1-3H3;4-5H,1-3H3;3-4H,1-2H3. The van der Waals surface area contributed by atoms with E-state index in [1.54, 1.807) is 53.7 Å². The number of carbonyl (C=O) groups is 1. The number of pyridine rings is 4. The molecule has 12 rings (SSSR count). The number of nitrogens with zero attached hydrogens (tertiary/aromatic N) is 12. The lowest BCUT2D eigenvalue weighted by Crippen LogP contribution is -2.08. The van der Waals surface area contributed by atoms with Gasteiger partial charge in [0.15, 0.2) is 34.9 Å². The molecule has 28 heteroatoms. The fourth-order valence-corrected chi connectivity index (χ4v) is 10.7. The summed E-state index contributed by atoms with van der Waals surface area (Å²) in [5.41, 5.74) is 6.09. The highest BCUT2D eigenvalue weighted by Crippen LogP contribution is 2.41. The highest BCUT2D eigenvalue weighted by molar-refractivity contribution is 9.10. The maximum Gasteiger partial charge on any atom is 0.270 e. The SMILES string of the molecule is C=C(C)c1cc(F)c2nc(Cl)c(-c3nc(C)no3)c(C)c2c1.CC(=O)c1cc(F)c2nc(Cl)c(-c3nc(C)no3)c(C)c2c1.Cc1noc(-c2c(Cl)nc3c(F)cc(Br)cc3c2C)n1.Cc1noc(-c2c(Cl)nc3c(F)cc(C(C)(F)F)cc3c2C)n1. The van der Waals surface area contributed by atoms with Crippen molar-refractivity contribution in [1.82, 2.24) is 60.5 Å². The number of benzene rings is 4. The van der Waals surface area contributed by atoms with E-state index in [0.29, 0.717) is 89.8 Å². The first kappa shape index (κ1) is 63.2. The van der Waals surface area contributed by atoms with Gasteiger partial charge in [0.1, 0.15) is 60.1 Å². The van der Waals surface area contributed by atoms with Crippen LogP contribution >= 0.6 is 62.3 Å². The Hall–Kier alpha value is -8.29. The van der Waals surface area contributed by atoms with Crippen LogP contribution in [-0.2, 0) is 5.92 Å². The van der Waals surface area contributed by atoms with Crippen LogP contribution in [0.5, 0.6) is 0 Å². The zero-order valence-corrected chi connectivity index (χ0v) is 52.0. The molecule has 4 aromatic carbocycles. The third-order valence-electron chi connectivity index (χ3n) is 13.4. The van der Waals surface area contributed by atoms with Crippen LogP contribution < -0.4 is 0 Å². The first-order valence-corrected chi connectivity index (χ1v) is 27.8. The lowest BCUT2D eigenvalue weighted by molar-refractivity contribution is 0.0173. The molecule has 0 atom stereocenters. The number of fused-ring (bicyclic) bond motifs is 4. The van der Waals surface area contributed by atoms with Crippen molar-refractivity contribution in [1.29, 1.82) is 0 Å². The van der Waals surface area contributed by atoms with Gasteiger partial charge in [-0.1, -0.05) is 95.1 Å². The second kappa shape index (κ2) is 24.8. The van der Waals surface area contributed by atoms with Crippen LogP contribution in [0.25, 0.3) is 95.0 Å². The van der Waals surface area contributed by atoms with Crippen LogP contribution in [0.2, 0.25) is 20.6 Å². The number of rotatable bonds is 7. The minimum absolute atomic E-state index is 0.0337. The number of hydrogen-bond donors (Lipinski definition) is 0. The number of halogens is 11. The lowest BCUT2D eigenvalue weighted by atomic mass is 10.00. The van der Waals surface area contributed by atoms with Gasteiger partial charge in [-0.3, -0.25) is 4.79 Å². The average Bonchev–Trinajstić information content (AvgIpc) is 2.31. The van der Waals surface area contributed by atoms with E-state index in [-0.39, 0.29) is 83.0 Å². The fourth-order valence-electron chi connectivity index (χ4n) is 9.03. The maximum absolute atomic E-state index is 14.3. The van der Waals surface area contributed by atoms with Crippen LogP contribution in [0, 0.1) is 78.7 Å². The first-order chi connectivity index (χ1) is 40.9. The molecule has 0 saturated heterocycles. The van der Waals surface area contributed by atoms with E-state index in [4.69, 9.17) is 64.5 Å². The molecule has 0 radical (unpaired) electrons. The third kappa shape index (κ3) is 12.9. The molecule has 0 aliphatic heterocycles. The van der Waals surface area contributed by atoms with Gasteiger partial charge in [-0.25, -0.2) is 46.3 Å². The molecule has 0 N–H and O–H groups in total. The van der Waals surface area contributed by atoms with E-state index in [9.17, 15) is 31.1 Å². The van der Waals surface area contributed by atoms with Crippen molar-refractivity contribution in [3.8, 4) is 45.8 Å². The summed E-state index contributed by atoms with van der Waals surface area (Å²) in [6, 6.07) is 11.1. The van der Waals surface area contributed by atoms with E-state index >= 15 is 0 Å². The number of aromatic nitrogens is 12. The number of ketones is 1. The van der Waals surface area contributed by atoms with E-state index < -0.39 is 34.8 Å². The first-order valence-electron chi connectivity index (χ1n) is 25.5. The molecular weight excluding hydrogens is 1290 g/mol. The molecule has 0 aliphatic carbocycles. The number of aryl methyl sites for hydroxylation is 8. The van der Waals surface area contributed by atoms with Crippen LogP contribution in [-0.4, -0.2) is 66.3 Å². The van der Waals surface area contributed by atoms with E-state index in [1.165, 1.54) is 25.1 Å². The molecule has 17 nitrogen and oxygen atoms in total. The summed E-state index contributed by atoms with van der Waals surface area (Å²) in [7, 11) is 0. The lowest BCUT2D eigenvalue weighted by Gasteiger charge is -2.14. The van der Waals surface area contributed by atoms with Gasteiger partial charge in [0.2, 0.25) is 0 Å². The molecule has 0 spiro atoms. The molecule has 8 heterocycles. The third-order valence-corrected chi connectivity index (χ3v) is 14.9. The van der Waals surface area contributed by atoms with E-state index in [2.05, 4.69) is 83.0 Å². The Morgan fingerprint density at radius 1 is 0.448 bits per heavy atom. The van der Waals surface area contributed by atoms with Crippen molar-refractivity contribution in [3.05, 3.63) is 166 Å². The number of alkyl halides is 2. The number of hydrogen-bond acceptors (Lipinski definition) is 17. The van der Waals surface area contributed by atoms with Crippen molar-refractivity contribution < 1.29 is 49.2 Å². The smallest absolute Gasteiger partial charge is 0.270 e. The van der Waals surface area contributed by atoms with Gasteiger partial charge in [-0.05, 0) is 146 Å². The zero-order chi connectivity index (χ0) is 63.4. The minimum Gasteiger partial charge on any atom is -0.334 e. The Morgan fingerprint density at radius 3 is 1.03 bits per heavy atom. The molecule has 0 amide bonds. The van der Waals surface area contributed by atoms with Gasteiger partial charge in [-0.2, -0.15) is 19.9 Å². The van der Waals surface area contributed by atoms with Gasteiger partial charge in [-0.15, -0.1) is 0 Å². The van der Waals surface area contributed by atoms with Crippen LogP contribution in [0.1, 0.15) is 87.8 Å². The second-order valence-corrected chi connectivity index (χ2v) is 22.1. The van der Waals surface area contributed by atoms with Gasteiger partial charge >= 0.3 is 0 Å². The van der Waals surface area contributed by atoms with E-state index in [0.717, 1.165) is 28.8 Å². The monoisotopic (exact) mass is 1330 g/mol. The molecular formula is C59H43BrCl4F6N12O5. The molecule has 87 heavy (non-hydrogen) atoms. The normalized spacial score (nSPS) is 11.4. The molecule has 0 aliphatic rings. The van der Waals surface area contributed by atoms with Crippen molar-refractivity contribution in [3.63, 3.8) is 0 Å². The second-order valence-electron chi connectivity index (χ2n) is 19.8. The summed E-state index contributed by atoms with van der Waals surface area (Å²) >= 11 is 27.9. The highest BCUT2D eigenvalue weighted by Gasteiger charge is 2.29. The maximum atomic E-state index is 14.3. The van der Waals surface area contributed by atoms with E-state index in [1.807, 2.05) is 26.8 Å². The van der Waals surface area contributed by atoms with Crippen molar-refractivity contribution >= 4 is 117 Å². The average molecular weight is 1340 g/mol. The Labute approximate surface area is 517 Å². The molecule has 446 valence electrons. The summed E-state index contributed by atoms with van der Waals surface area (Å²) in [5, 5.41) is 17.2. The van der Waals surface area contributed by atoms with Crippen LogP contribution in [0.4, 0.5) is 26.3 Å². The molecule has 12 aromatic rings. The predicted octanol–water partition coefficient (Wildman–Crippen LogP) is 17.9. The van der Waals surface area contributed by atoms with Crippen LogP contribution in [0.15, 0.2) is 77.7 Å². The van der Waals surface area contributed by atoms with Gasteiger partial charge in [0.05, 0.1) is 22.3 Å². The highest BCUT2D eigenvalue weighted by atomic mass is 79.9. The minimum atomic E-state index is -3.18. The predicted molar refractivity (Wildman–Crippen MR) is 320 cm³/mol. The van der Waals surface area contributed by atoms with Crippen molar-refractivity contribution in [2.75, 3.05) is 0 Å². The Morgan fingerprint density at radius 2 is 0.736 bits per heavy atom. The molecule has 0 unspecified atom stereocenters. The fraction of sp³-hybridized carbons (Fsp3) is 0.203. The molecule has 0 fully saturated rings. The Kier molecular flexibility index (Phi) is 18.0. The number of Topliss-reactive ketones (excluding diaryl/α,β-unsaturated/α-hetero) is 1. The summed E-state index contributed by atoms with van der Waals surface area (Å²) in [6.07, 6.45) is 0. The van der Waals surface area contributed by atoms with Gasteiger partial charge < -0.3 is 18.1 Å². The summed E-state index contributed by atoms with van der Waals surface area (Å²) in [6.45, 7) is 21.5. The quantitative estimate of drug-likeness (QED) is 0.0821. The topological polar surface area (TPSA) is 224 Å². The summed E-state index contributed by atoms with van der Waals surface area (Å²) < 4.78 is 105. The number of carbonyl (C=O) groups excluding carboxylic acids is 1. The number of allylic oxidation sites excluding steroid dienone is 1. The van der Waals surface area contributed by atoms with Crippen molar-refractivity contribution in [2.24, 2.45) is 0 Å². The summed E-state index contributed by atoms with van der Waals surface area (Å²) in [4.78, 5) is 44.3. The zero-order valence-electron chi connectivity index (χ0n) is 47.4. The molecule has 8 aromatic heterocycles. The molecule has 0 saturated carbocycles. The Bertz CT molecular complexity index is 4630.